The second-order valence-electron chi connectivity index (χ2n) is 6.13. The zero-order valence-corrected chi connectivity index (χ0v) is 15.2. The minimum absolute atomic E-state index is 0. The Kier molecular flexibility index (Phi) is 8.34. The molecule has 0 radical (unpaired) electrons. The summed E-state index contributed by atoms with van der Waals surface area (Å²) in [6.07, 6.45) is 3.55. The maximum Gasteiger partial charge on any atom is 0.223 e. The van der Waals surface area contributed by atoms with Gasteiger partial charge in [-0.05, 0) is 43.9 Å². The van der Waals surface area contributed by atoms with Gasteiger partial charge in [0.15, 0.2) is 0 Å². The molecular weight excluding hydrogens is 335 g/mol. The zero-order chi connectivity index (χ0) is 16.1. The van der Waals surface area contributed by atoms with Crippen molar-refractivity contribution in [2.45, 2.75) is 50.8 Å². The van der Waals surface area contributed by atoms with E-state index in [1.165, 1.54) is 0 Å². The van der Waals surface area contributed by atoms with Gasteiger partial charge >= 0.3 is 0 Å². The average molecular weight is 361 g/mol. The van der Waals surface area contributed by atoms with Gasteiger partial charge < -0.3 is 15.8 Å². The first-order chi connectivity index (χ1) is 10.5. The highest BCUT2D eigenvalue weighted by Crippen LogP contribution is 2.26. The van der Waals surface area contributed by atoms with Crippen LogP contribution in [0, 0.1) is 5.92 Å². The molecule has 4 nitrogen and oxygen atoms in total. The number of hydrogen-bond donors (Lipinski definition) is 2. The number of benzene rings is 1. The Morgan fingerprint density at radius 3 is 2.57 bits per heavy atom. The summed E-state index contributed by atoms with van der Waals surface area (Å²) in [5, 5.41) is 3.77. The molecule has 1 amide bonds. The van der Waals surface area contributed by atoms with Gasteiger partial charge in [-0.3, -0.25) is 4.79 Å². The molecule has 0 aromatic heterocycles. The molecule has 23 heavy (non-hydrogen) atoms. The molecule has 1 fully saturated rings. The van der Waals surface area contributed by atoms with E-state index >= 15 is 0 Å². The molecule has 4 unspecified atom stereocenters. The summed E-state index contributed by atoms with van der Waals surface area (Å²) in [6, 6.07) is 7.55. The molecular formula is C17H26Cl2N2O2. The summed E-state index contributed by atoms with van der Waals surface area (Å²) < 4.78 is 5.56. The first-order valence-corrected chi connectivity index (χ1v) is 8.23. The lowest BCUT2D eigenvalue weighted by molar-refractivity contribution is -0.127. The number of nitrogens with one attached hydrogen (secondary N) is 1. The van der Waals surface area contributed by atoms with Crippen LogP contribution in [0.3, 0.4) is 0 Å². The van der Waals surface area contributed by atoms with Crippen molar-refractivity contribution in [3.05, 3.63) is 34.9 Å². The standard InChI is InChI=1S/C17H25ClN2O2.ClH/c1-11(16(22-2)12-6-8-14(18)9-7-12)20-17(21)13-4-3-5-15(19)10-13;/h6-9,11,13,15-16H,3-5,10,19H2,1-2H3,(H,20,21);1H. The van der Waals surface area contributed by atoms with E-state index in [4.69, 9.17) is 22.1 Å². The Morgan fingerprint density at radius 1 is 1.35 bits per heavy atom. The lowest BCUT2D eigenvalue weighted by atomic mass is 9.85. The second-order valence-corrected chi connectivity index (χ2v) is 6.57. The Balaban J connectivity index is 0.00000264. The number of carbonyl (C=O) groups excluding carboxylic acids is 1. The van der Waals surface area contributed by atoms with E-state index in [0.29, 0.717) is 5.02 Å². The van der Waals surface area contributed by atoms with E-state index in [1.807, 2.05) is 31.2 Å². The van der Waals surface area contributed by atoms with Crippen LogP contribution in [-0.2, 0) is 9.53 Å². The largest absolute Gasteiger partial charge is 0.375 e. The number of halogens is 2. The summed E-state index contributed by atoms with van der Waals surface area (Å²) in [5.74, 6) is 0.104. The van der Waals surface area contributed by atoms with E-state index in [2.05, 4.69) is 5.32 Å². The average Bonchev–Trinajstić information content (AvgIpc) is 2.50. The molecule has 1 saturated carbocycles. The highest BCUT2D eigenvalue weighted by atomic mass is 35.5. The first kappa shape index (κ1) is 20.2. The number of hydrogen-bond acceptors (Lipinski definition) is 3. The van der Waals surface area contributed by atoms with Crippen LogP contribution in [0.1, 0.15) is 44.3 Å². The number of methoxy groups -OCH3 is 1. The van der Waals surface area contributed by atoms with Gasteiger partial charge in [-0.2, -0.15) is 0 Å². The third kappa shape index (κ3) is 5.64. The van der Waals surface area contributed by atoms with Crippen molar-refractivity contribution in [3.8, 4) is 0 Å². The molecule has 3 N–H and O–H groups in total. The molecule has 0 bridgehead atoms. The Labute approximate surface area is 149 Å². The predicted octanol–water partition coefficient (Wildman–Crippen LogP) is 3.47. The number of amides is 1. The topological polar surface area (TPSA) is 64.3 Å². The summed E-state index contributed by atoms with van der Waals surface area (Å²) >= 11 is 5.92. The van der Waals surface area contributed by atoms with Gasteiger partial charge in [0.2, 0.25) is 5.91 Å². The molecule has 130 valence electrons. The summed E-state index contributed by atoms with van der Waals surface area (Å²) in [7, 11) is 1.65. The fourth-order valence-electron chi connectivity index (χ4n) is 3.16. The van der Waals surface area contributed by atoms with Gasteiger partial charge in [-0.15, -0.1) is 12.4 Å². The molecule has 0 aliphatic heterocycles. The second kappa shape index (κ2) is 9.48. The van der Waals surface area contributed by atoms with Gasteiger partial charge in [-0.25, -0.2) is 0 Å². The molecule has 0 heterocycles. The van der Waals surface area contributed by atoms with E-state index in [-0.39, 0.29) is 42.4 Å². The molecule has 2 rings (SSSR count). The van der Waals surface area contributed by atoms with Gasteiger partial charge in [0.25, 0.3) is 0 Å². The van der Waals surface area contributed by atoms with Crippen LogP contribution < -0.4 is 11.1 Å². The van der Waals surface area contributed by atoms with Crippen molar-refractivity contribution in [3.63, 3.8) is 0 Å². The van der Waals surface area contributed by atoms with E-state index in [9.17, 15) is 4.79 Å². The summed E-state index contributed by atoms with van der Waals surface area (Å²) in [5.41, 5.74) is 6.97. The number of ether oxygens (including phenoxy) is 1. The van der Waals surface area contributed by atoms with Gasteiger partial charge in [0.05, 0.1) is 6.04 Å². The molecule has 1 aliphatic rings. The predicted molar refractivity (Wildman–Crippen MR) is 96.0 cm³/mol. The van der Waals surface area contributed by atoms with Crippen LogP contribution in [0.15, 0.2) is 24.3 Å². The number of carbonyl (C=O) groups is 1. The lowest BCUT2D eigenvalue weighted by Crippen LogP contribution is -2.43. The Hall–Kier alpha value is -0.810. The molecule has 4 atom stereocenters. The normalized spacial score (nSPS) is 23.5. The molecule has 1 aromatic rings. The maximum absolute atomic E-state index is 12.4. The van der Waals surface area contributed by atoms with Crippen molar-refractivity contribution in [1.82, 2.24) is 5.32 Å². The highest BCUT2D eigenvalue weighted by molar-refractivity contribution is 6.30. The molecule has 6 heteroatoms. The smallest absolute Gasteiger partial charge is 0.223 e. The minimum atomic E-state index is -0.196. The van der Waals surface area contributed by atoms with Crippen molar-refractivity contribution < 1.29 is 9.53 Å². The highest BCUT2D eigenvalue weighted by Gasteiger charge is 2.28. The van der Waals surface area contributed by atoms with Crippen LogP contribution >= 0.6 is 24.0 Å². The van der Waals surface area contributed by atoms with Crippen LogP contribution in [0.4, 0.5) is 0 Å². The van der Waals surface area contributed by atoms with E-state index in [1.54, 1.807) is 7.11 Å². The van der Waals surface area contributed by atoms with Crippen molar-refractivity contribution in [1.29, 1.82) is 0 Å². The van der Waals surface area contributed by atoms with Gasteiger partial charge in [0, 0.05) is 24.1 Å². The zero-order valence-electron chi connectivity index (χ0n) is 13.6. The van der Waals surface area contributed by atoms with E-state index < -0.39 is 0 Å². The van der Waals surface area contributed by atoms with Crippen molar-refractivity contribution in [2.75, 3.05) is 7.11 Å². The molecule has 1 aliphatic carbocycles. The number of nitrogens with two attached hydrogens (primary N) is 1. The fraction of sp³-hybridized carbons (Fsp3) is 0.588. The van der Waals surface area contributed by atoms with Gasteiger partial charge in [0.1, 0.15) is 6.10 Å². The molecule has 0 spiro atoms. The van der Waals surface area contributed by atoms with Crippen LogP contribution in [0.5, 0.6) is 0 Å². The monoisotopic (exact) mass is 360 g/mol. The third-order valence-electron chi connectivity index (χ3n) is 4.36. The van der Waals surface area contributed by atoms with Crippen molar-refractivity contribution in [2.24, 2.45) is 11.7 Å². The van der Waals surface area contributed by atoms with Crippen LogP contribution in [-0.4, -0.2) is 25.1 Å². The number of rotatable bonds is 5. The third-order valence-corrected chi connectivity index (χ3v) is 4.61. The molecule has 0 saturated heterocycles. The Morgan fingerprint density at radius 2 is 2.00 bits per heavy atom. The quantitative estimate of drug-likeness (QED) is 0.844. The van der Waals surface area contributed by atoms with Gasteiger partial charge in [-0.1, -0.05) is 30.2 Å². The lowest BCUT2D eigenvalue weighted by Gasteiger charge is -2.29. The first-order valence-electron chi connectivity index (χ1n) is 7.85. The summed E-state index contributed by atoms with van der Waals surface area (Å²) in [6.45, 7) is 1.96. The van der Waals surface area contributed by atoms with Crippen LogP contribution in [0.2, 0.25) is 5.02 Å². The maximum atomic E-state index is 12.4. The van der Waals surface area contributed by atoms with Crippen molar-refractivity contribution >= 4 is 29.9 Å². The SMILES string of the molecule is COC(c1ccc(Cl)cc1)C(C)NC(=O)C1CCCC(N)C1.Cl. The summed E-state index contributed by atoms with van der Waals surface area (Å²) in [4.78, 5) is 12.4. The fourth-order valence-corrected chi connectivity index (χ4v) is 3.29. The Bertz CT molecular complexity index is 496. The minimum Gasteiger partial charge on any atom is -0.375 e. The van der Waals surface area contributed by atoms with Crippen LogP contribution in [0.25, 0.3) is 0 Å². The van der Waals surface area contributed by atoms with E-state index in [0.717, 1.165) is 31.2 Å². The molecule has 1 aromatic carbocycles.